The molecule has 698 valence electrons. The van der Waals surface area contributed by atoms with E-state index in [4.69, 9.17) is 80.5 Å². The van der Waals surface area contributed by atoms with E-state index in [9.17, 15) is 127 Å². The van der Waals surface area contributed by atoms with Crippen LogP contribution in [-0.2, 0) is 99.7 Å². The van der Waals surface area contributed by atoms with Gasteiger partial charge in [-0.1, -0.05) is 53.2 Å². The summed E-state index contributed by atoms with van der Waals surface area (Å²) in [6.45, 7) is 13.5. The first-order valence-electron chi connectivity index (χ1n) is 41.9. The Kier molecular flexibility index (Phi) is 28.8. The number of carboxylic acids is 1. The predicted molar refractivity (Wildman–Crippen MR) is 395 cm³/mol. The molecule has 0 radical (unpaired) electrons. The summed E-state index contributed by atoms with van der Waals surface area (Å²) in [6.07, 6.45) is -73.5. The molecule has 22 N–H and O–H groups in total. The van der Waals surface area contributed by atoms with Gasteiger partial charge in [-0.15, -0.1) is 0 Å². The highest BCUT2D eigenvalue weighted by atomic mass is 16.8. The van der Waals surface area contributed by atoms with Gasteiger partial charge in [0.15, 0.2) is 62.3 Å². The lowest BCUT2D eigenvalue weighted by Crippen LogP contribution is -2.70. The fourth-order valence-corrected chi connectivity index (χ4v) is 22.3. The smallest absolute Gasteiger partial charge is 0.335 e. The molecule has 0 aromatic carbocycles. The Bertz CT molecular complexity index is 3640. The molecule has 5 aliphatic carbocycles. The maximum Gasteiger partial charge on any atom is 0.335 e. The Hall–Kier alpha value is -3.62. The number of aliphatic carboxylic acids is 1. The number of hydrogen-bond acceptors (Lipinski definition) is 42. The maximum absolute atomic E-state index is 16.6. The first kappa shape index (κ1) is 95.9. The van der Waals surface area contributed by atoms with Crippen LogP contribution in [0, 0.1) is 50.2 Å². The van der Waals surface area contributed by atoms with Crippen molar-refractivity contribution in [3.8, 4) is 0 Å². The Morgan fingerprint density at radius 3 is 1.44 bits per heavy atom. The van der Waals surface area contributed by atoms with Crippen molar-refractivity contribution in [2.45, 2.75) is 379 Å². The first-order chi connectivity index (χ1) is 57.2. The topological polar surface area (TPSA) is 670 Å². The molecule has 4 saturated carbocycles. The van der Waals surface area contributed by atoms with Crippen LogP contribution < -0.4 is 0 Å². The highest BCUT2D eigenvalue weighted by molar-refractivity contribution is 5.80. The zero-order valence-electron chi connectivity index (χ0n) is 69.2. The third-order valence-electron chi connectivity index (χ3n) is 29.6. The van der Waals surface area contributed by atoms with Gasteiger partial charge >= 0.3 is 17.9 Å². The highest BCUT2D eigenvalue weighted by Gasteiger charge is 2.74. The fourth-order valence-electron chi connectivity index (χ4n) is 22.3. The molecule has 0 aromatic rings. The minimum absolute atomic E-state index is 0.0254. The monoisotopic (exact) mass is 1760 g/mol. The molecule has 49 unspecified atom stereocenters. The second-order valence-corrected chi connectivity index (χ2v) is 37.4. The number of aliphatic hydroxyl groups excluding tert-OH is 21. The van der Waals surface area contributed by atoms with Gasteiger partial charge in [0.2, 0.25) is 6.29 Å². The fraction of sp³-hybridized carbons (Fsp3) is 0.924. The molecule has 8 heterocycles. The maximum atomic E-state index is 16.6. The molecule has 0 bridgehead atoms. The van der Waals surface area contributed by atoms with E-state index in [1.807, 2.05) is 20.8 Å². The number of fused-ring (bicyclic) bond motifs is 7. The summed E-state index contributed by atoms with van der Waals surface area (Å²) in [5, 5.41) is 245. The summed E-state index contributed by atoms with van der Waals surface area (Å²) >= 11 is 0. The van der Waals surface area contributed by atoms with Crippen molar-refractivity contribution >= 4 is 24.2 Å². The van der Waals surface area contributed by atoms with Crippen molar-refractivity contribution in [2.75, 3.05) is 26.4 Å². The molecule has 0 spiro atoms. The van der Waals surface area contributed by atoms with Crippen LogP contribution in [0.3, 0.4) is 0 Å². The van der Waals surface area contributed by atoms with Crippen molar-refractivity contribution in [1.82, 2.24) is 0 Å². The lowest BCUT2D eigenvalue weighted by Gasteiger charge is -2.71. The number of hydrogen-bond donors (Lipinski definition) is 22. The Labute approximate surface area is 700 Å². The average Bonchev–Trinajstić information content (AvgIpc) is 0.668. The van der Waals surface area contributed by atoms with E-state index in [0.717, 1.165) is 18.8 Å². The van der Waals surface area contributed by atoms with Gasteiger partial charge in [-0.2, -0.15) is 0 Å². The van der Waals surface area contributed by atoms with Crippen LogP contribution in [-0.4, -0.2) is 415 Å². The number of ether oxygens (including phenoxy) is 17. The molecular formula is C79H124O43. The quantitative estimate of drug-likeness (QED) is 0.0207. The number of carboxylic acid groups (broad SMARTS) is 1. The second kappa shape index (κ2) is 36.6. The number of carbonyl (C=O) groups is 4. The molecule has 13 aliphatic rings. The van der Waals surface area contributed by atoms with E-state index in [1.165, 1.54) is 20.8 Å². The van der Waals surface area contributed by atoms with E-state index >= 15 is 4.79 Å². The number of aldehydes is 1. The van der Waals surface area contributed by atoms with E-state index in [1.54, 1.807) is 6.92 Å². The van der Waals surface area contributed by atoms with Gasteiger partial charge in [-0.05, 0) is 118 Å². The molecule has 0 amide bonds. The summed E-state index contributed by atoms with van der Waals surface area (Å²) in [5.74, 6) is -5.59. The molecule has 8 aliphatic heterocycles. The van der Waals surface area contributed by atoms with Gasteiger partial charge < -0.3 is 198 Å². The van der Waals surface area contributed by atoms with Crippen LogP contribution in [0.15, 0.2) is 11.6 Å². The molecule has 122 heavy (non-hydrogen) atoms. The zero-order valence-corrected chi connectivity index (χ0v) is 69.2. The molecule has 8 saturated heterocycles. The first-order valence-corrected chi connectivity index (χ1v) is 41.9. The summed E-state index contributed by atoms with van der Waals surface area (Å²) in [5.41, 5.74) is -5.73. The minimum Gasteiger partial charge on any atom is -0.479 e. The molecular weight excluding hydrogens is 1640 g/mol. The average molecular weight is 1760 g/mol. The molecule has 43 nitrogen and oxygen atoms in total. The summed E-state index contributed by atoms with van der Waals surface area (Å²) in [4.78, 5) is 57.5. The molecule has 49 atom stereocenters. The normalized spacial score (nSPS) is 54.0. The second-order valence-electron chi connectivity index (χ2n) is 37.4. The van der Waals surface area contributed by atoms with Crippen LogP contribution >= 0.6 is 0 Å². The van der Waals surface area contributed by atoms with Crippen LogP contribution in [0.1, 0.15) is 127 Å². The van der Waals surface area contributed by atoms with Gasteiger partial charge in [0, 0.05) is 6.92 Å². The predicted octanol–water partition coefficient (Wildman–Crippen LogP) is -8.20. The van der Waals surface area contributed by atoms with E-state index in [-0.39, 0.29) is 38.0 Å². The molecule has 43 heteroatoms. The van der Waals surface area contributed by atoms with Crippen LogP contribution in [0.4, 0.5) is 0 Å². The van der Waals surface area contributed by atoms with E-state index in [2.05, 4.69) is 19.9 Å². The summed E-state index contributed by atoms with van der Waals surface area (Å²) in [7, 11) is 0. The number of allylic oxidation sites excluding steroid dienone is 2. The van der Waals surface area contributed by atoms with E-state index < -0.39 is 340 Å². The molecule has 12 fully saturated rings. The Balaban J connectivity index is 0.828. The standard InChI is InChI=1S/C79H124O43/c1-26-40(87)45(92)50(97)66(107-26)116-58-54(101)60(64(103)104)118-72(62(58)120-69-53(100)48(95)44(91)35(23-82)113-69)114-39-14-15-75(7)36(76(39,8)25-83)13-16-77(9)37(75)12-11-30-31-19-74(5,6)17-18-79(31,38(86)20-78(30,77)10)73(105)122-71-63(61(57(28(3)109-71)110-29(4)84)119-68-52(99)47(94)43(90)34(22-81)112-68)121-70-55(102)59(117-67-51(98)46(93)42(89)33(21-80)111-67)56(27(2)108-70)115-65-49(96)41(88)32(85)24-106-65/h11,25-28,31-63,65-72,80-82,85-102H,12-24H2,1-10H3,(H,103,104). The number of esters is 2. The van der Waals surface area contributed by atoms with Gasteiger partial charge in [0.25, 0.3) is 0 Å². The summed E-state index contributed by atoms with van der Waals surface area (Å²) in [6, 6.07) is 0. The Morgan fingerprint density at radius 1 is 0.443 bits per heavy atom. The molecule has 13 rings (SSSR count). The minimum atomic E-state index is -2.31. The van der Waals surface area contributed by atoms with Gasteiger partial charge in [0.05, 0.1) is 62.4 Å². The lowest BCUT2D eigenvalue weighted by molar-refractivity contribution is -0.404. The van der Waals surface area contributed by atoms with Crippen molar-refractivity contribution in [3.05, 3.63) is 11.6 Å². The number of carbonyl (C=O) groups excluding carboxylic acids is 3. The third-order valence-corrected chi connectivity index (χ3v) is 29.6. The van der Waals surface area contributed by atoms with Crippen LogP contribution in [0.2, 0.25) is 0 Å². The van der Waals surface area contributed by atoms with Crippen molar-refractivity contribution in [2.24, 2.45) is 50.2 Å². The largest absolute Gasteiger partial charge is 0.479 e. The van der Waals surface area contributed by atoms with Gasteiger partial charge in [0.1, 0.15) is 164 Å². The van der Waals surface area contributed by atoms with E-state index in [0.29, 0.717) is 25.7 Å². The van der Waals surface area contributed by atoms with Gasteiger partial charge in [-0.3, -0.25) is 9.59 Å². The van der Waals surface area contributed by atoms with Crippen molar-refractivity contribution in [1.29, 1.82) is 0 Å². The van der Waals surface area contributed by atoms with Crippen LogP contribution in [0.5, 0.6) is 0 Å². The third kappa shape index (κ3) is 16.8. The van der Waals surface area contributed by atoms with Crippen molar-refractivity contribution < 1.29 is 212 Å². The Morgan fingerprint density at radius 2 is 0.910 bits per heavy atom. The van der Waals surface area contributed by atoms with Crippen LogP contribution in [0.25, 0.3) is 0 Å². The molecule has 0 aromatic heterocycles. The number of aliphatic hydroxyl groups is 21. The zero-order chi connectivity index (χ0) is 89.3. The number of rotatable bonds is 22. The SMILES string of the molecule is CC(=O)OC1C(C)OC(OC(=O)C23CCC(C)(C)CC2C2=CCC4C5(C)CCC(OC6OC(C(=O)O)C(O)C(OC7OC(C)C(O)C(O)C7O)C6OC6OC(CO)C(O)C(O)C6O)C(C)(C=O)C5CCC4(C)C2(C)CC3O)C(OC2OC(C)C(OC3OCC(O)C(O)C3O)C(OC3OC(CO)C(O)C(O)C3O)C2O)C1OC1OC(CO)C(O)C(O)C1O. The lowest BCUT2D eigenvalue weighted by atomic mass is 9.33. The summed E-state index contributed by atoms with van der Waals surface area (Å²) < 4.78 is 105. The van der Waals surface area contributed by atoms with Gasteiger partial charge in [-0.25, -0.2) is 4.79 Å². The highest BCUT2D eigenvalue weighted by Crippen LogP contribution is 2.76. The van der Waals surface area contributed by atoms with Crippen molar-refractivity contribution in [3.63, 3.8) is 0 Å².